The van der Waals surface area contributed by atoms with Crippen LogP contribution in [0, 0.1) is 0 Å². The topological polar surface area (TPSA) is 78.6 Å². The minimum Gasteiger partial charge on any atom is -0.396 e. The monoisotopic (exact) mass is 271 g/mol. The lowest BCUT2D eigenvalue weighted by atomic mass is 10.2. The Bertz CT molecular complexity index is 368. The van der Waals surface area contributed by atoms with Gasteiger partial charge in [-0.25, -0.2) is 5.84 Å². The number of nitrogens with one attached hydrogen (secondary N) is 1. The van der Waals surface area contributed by atoms with Gasteiger partial charge in [0.15, 0.2) is 0 Å². The SMILES string of the molecule is CN(CCCCCO)Cc1ccc(C(=O)NN)s1. The molecule has 0 fully saturated rings. The van der Waals surface area contributed by atoms with Crippen molar-refractivity contribution >= 4 is 17.2 Å². The van der Waals surface area contributed by atoms with E-state index >= 15 is 0 Å². The van der Waals surface area contributed by atoms with Crippen LogP contribution < -0.4 is 11.3 Å². The molecule has 0 aliphatic carbocycles. The van der Waals surface area contributed by atoms with Gasteiger partial charge in [-0.2, -0.15) is 0 Å². The molecule has 0 aromatic carbocycles. The number of hydrogen-bond acceptors (Lipinski definition) is 5. The van der Waals surface area contributed by atoms with Crippen molar-refractivity contribution in [2.24, 2.45) is 5.84 Å². The number of unbranched alkanes of at least 4 members (excludes halogenated alkanes) is 2. The van der Waals surface area contributed by atoms with Crippen molar-refractivity contribution in [2.45, 2.75) is 25.8 Å². The van der Waals surface area contributed by atoms with Crippen molar-refractivity contribution in [3.63, 3.8) is 0 Å². The van der Waals surface area contributed by atoms with E-state index in [1.165, 1.54) is 11.3 Å². The molecule has 0 spiro atoms. The Hall–Kier alpha value is -0.950. The third-order valence-corrected chi connectivity index (χ3v) is 3.71. The molecule has 18 heavy (non-hydrogen) atoms. The predicted molar refractivity (Wildman–Crippen MR) is 73.2 cm³/mol. The van der Waals surface area contributed by atoms with Gasteiger partial charge in [0, 0.05) is 18.0 Å². The molecular formula is C12H21N3O2S. The van der Waals surface area contributed by atoms with Crippen molar-refractivity contribution in [2.75, 3.05) is 20.2 Å². The molecule has 5 nitrogen and oxygen atoms in total. The number of aliphatic hydroxyl groups is 1. The van der Waals surface area contributed by atoms with Crippen molar-refractivity contribution < 1.29 is 9.90 Å². The van der Waals surface area contributed by atoms with Crippen LogP contribution in [0.1, 0.15) is 33.8 Å². The normalized spacial score (nSPS) is 10.9. The average molecular weight is 271 g/mol. The van der Waals surface area contributed by atoms with E-state index in [1.54, 1.807) is 6.07 Å². The Labute approximate surface area is 112 Å². The highest BCUT2D eigenvalue weighted by Crippen LogP contribution is 2.17. The van der Waals surface area contributed by atoms with E-state index in [1.807, 2.05) is 6.07 Å². The second-order valence-electron chi connectivity index (χ2n) is 4.26. The molecule has 4 N–H and O–H groups in total. The van der Waals surface area contributed by atoms with Crippen LogP contribution in [0.15, 0.2) is 12.1 Å². The maximum absolute atomic E-state index is 11.3. The van der Waals surface area contributed by atoms with Crippen LogP contribution in [-0.2, 0) is 6.54 Å². The van der Waals surface area contributed by atoms with E-state index in [-0.39, 0.29) is 12.5 Å². The Morgan fingerprint density at radius 2 is 2.22 bits per heavy atom. The Morgan fingerprint density at radius 3 is 2.89 bits per heavy atom. The van der Waals surface area contributed by atoms with Gasteiger partial charge in [-0.1, -0.05) is 0 Å². The highest BCUT2D eigenvalue weighted by molar-refractivity contribution is 7.14. The molecule has 102 valence electrons. The number of carbonyl (C=O) groups excluding carboxylic acids is 1. The minimum absolute atomic E-state index is 0.239. The van der Waals surface area contributed by atoms with Gasteiger partial charge in [-0.15, -0.1) is 11.3 Å². The van der Waals surface area contributed by atoms with Crippen LogP contribution in [0.3, 0.4) is 0 Å². The summed E-state index contributed by atoms with van der Waals surface area (Å²) in [4.78, 5) is 15.3. The number of rotatable bonds is 8. The molecule has 0 unspecified atom stereocenters. The van der Waals surface area contributed by atoms with E-state index in [9.17, 15) is 4.79 Å². The number of hydrazine groups is 1. The molecule has 1 aromatic rings. The smallest absolute Gasteiger partial charge is 0.275 e. The molecule has 0 aliphatic heterocycles. The van der Waals surface area contributed by atoms with E-state index in [0.717, 1.165) is 37.2 Å². The van der Waals surface area contributed by atoms with Gasteiger partial charge < -0.3 is 10.0 Å². The van der Waals surface area contributed by atoms with Crippen molar-refractivity contribution in [3.05, 3.63) is 21.9 Å². The zero-order chi connectivity index (χ0) is 13.4. The quantitative estimate of drug-likeness (QED) is 0.285. The molecule has 1 aromatic heterocycles. The first-order valence-electron chi connectivity index (χ1n) is 6.06. The van der Waals surface area contributed by atoms with Crippen LogP contribution in [0.5, 0.6) is 0 Å². The maximum atomic E-state index is 11.3. The van der Waals surface area contributed by atoms with E-state index in [2.05, 4.69) is 17.4 Å². The summed E-state index contributed by atoms with van der Waals surface area (Å²) >= 11 is 1.46. The van der Waals surface area contributed by atoms with E-state index in [0.29, 0.717) is 4.88 Å². The van der Waals surface area contributed by atoms with Gasteiger partial charge in [0.1, 0.15) is 0 Å². The number of nitrogen functional groups attached to an aromatic ring is 1. The molecule has 6 heteroatoms. The molecule has 0 atom stereocenters. The molecule has 1 rings (SSSR count). The summed E-state index contributed by atoms with van der Waals surface area (Å²) in [5.74, 6) is 4.85. The number of amides is 1. The summed E-state index contributed by atoms with van der Waals surface area (Å²) in [6.07, 6.45) is 3.00. The van der Waals surface area contributed by atoms with Crippen LogP contribution in [0.2, 0.25) is 0 Å². The second-order valence-corrected chi connectivity index (χ2v) is 5.43. The summed E-state index contributed by atoms with van der Waals surface area (Å²) in [5, 5.41) is 8.68. The first-order valence-corrected chi connectivity index (χ1v) is 6.88. The molecule has 0 radical (unpaired) electrons. The van der Waals surface area contributed by atoms with Gasteiger partial charge in [-0.05, 0) is 45.0 Å². The largest absolute Gasteiger partial charge is 0.396 e. The Balaban J connectivity index is 2.33. The molecule has 0 saturated carbocycles. The lowest BCUT2D eigenvalue weighted by Crippen LogP contribution is -2.29. The molecule has 1 amide bonds. The zero-order valence-corrected chi connectivity index (χ0v) is 11.5. The van der Waals surface area contributed by atoms with Crippen molar-refractivity contribution in [1.29, 1.82) is 0 Å². The number of carbonyl (C=O) groups is 1. The molecule has 0 bridgehead atoms. The number of nitrogens with zero attached hydrogens (tertiary/aromatic N) is 1. The highest BCUT2D eigenvalue weighted by Gasteiger charge is 2.08. The van der Waals surface area contributed by atoms with Crippen LogP contribution in [0.4, 0.5) is 0 Å². The Morgan fingerprint density at radius 1 is 1.44 bits per heavy atom. The first kappa shape index (κ1) is 15.1. The number of aliphatic hydroxyl groups excluding tert-OH is 1. The summed E-state index contributed by atoms with van der Waals surface area (Å²) in [6.45, 7) is 2.10. The van der Waals surface area contributed by atoms with Crippen LogP contribution in [0.25, 0.3) is 0 Å². The van der Waals surface area contributed by atoms with Crippen LogP contribution in [-0.4, -0.2) is 36.1 Å². The van der Waals surface area contributed by atoms with Gasteiger partial charge in [0.05, 0.1) is 4.88 Å². The average Bonchev–Trinajstić information content (AvgIpc) is 2.82. The van der Waals surface area contributed by atoms with E-state index < -0.39 is 0 Å². The fourth-order valence-corrected chi connectivity index (χ4v) is 2.66. The standard InChI is InChI=1S/C12H21N3O2S/c1-15(7-3-2-4-8-16)9-10-5-6-11(18-10)12(17)14-13/h5-6,16H,2-4,7-9,13H2,1H3,(H,14,17). The molecule has 0 saturated heterocycles. The maximum Gasteiger partial charge on any atom is 0.275 e. The number of nitrogens with two attached hydrogens (primary N) is 1. The summed E-state index contributed by atoms with van der Waals surface area (Å²) in [6, 6.07) is 3.75. The lowest BCUT2D eigenvalue weighted by molar-refractivity contribution is 0.0957. The van der Waals surface area contributed by atoms with Gasteiger partial charge >= 0.3 is 0 Å². The molecule has 0 aliphatic rings. The van der Waals surface area contributed by atoms with Gasteiger partial charge in [0.25, 0.3) is 5.91 Å². The second kappa shape index (κ2) is 8.20. The third-order valence-electron chi connectivity index (χ3n) is 2.64. The minimum atomic E-state index is -0.239. The van der Waals surface area contributed by atoms with Crippen LogP contribution >= 0.6 is 11.3 Å². The fourth-order valence-electron chi connectivity index (χ4n) is 1.67. The third kappa shape index (κ3) is 5.14. The summed E-state index contributed by atoms with van der Waals surface area (Å²) < 4.78 is 0. The van der Waals surface area contributed by atoms with Gasteiger partial charge in [-0.3, -0.25) is 10.2 Å². The zero-order valence-electron chi connectivity index (χ0n) is 10.7. The molecular weight excluding hydrogens is 250 g/mol. The van der Waals surface area contributed by atoms with Crippen molar-refractivity contribution in [1.82, 2.24) is 10.3 Å². The first-order chi connectivity index (χ1) is 8.67. The fraction of sp³-hybridized carbons (Fsp3) is 0.583. The van der Waals surface area contributed by atoms with Crippen molar-refractivity contribution in [3.8, 4) is 0 Å². The Kier molecular flexibility index (Phi) is 6.89. The lowest BCUT2D eigenvalue weighted by Gasteiger charge is -2.15. The number of thiophene rings is 1. The summed E-state index contributed by atoms with van der Waals surface area (Å²) in [7, 11) is 2.06. The molecule has 1 heterocycles. The number of hydrogen-bond donors (Lipinski definition) is 3. The highest BCUT2D eigenvalue weighted by atomic mass is 32.1. The van der Waals surface area contributed by atoms with Gasteiger partial charge in [0.2, 0.25) is 0 Å². The summed E-state index contributed by atoms with van der Waals surface area (Å²) in [5.41, 5.74) is 2.13. The van der Waals surface area contributed by atoms with E-state index in [4.69, 9.17) is 10.9 Å². The predicted octanol–water partition coefficient (Wildman–Crippen LogP) is 0.946.